The highest BCUT2D eigenvalue weighted by Crippen LogP contribution is 2.27. The van der Waals surface area contributed by atoms with E-state index in [-0.39, 0.29) is 6.42 Å². The highest BCUT2D eigenvalue weighted by atomic mass is 16.5. The van der Waals surface area contributed by atoms with Crippen LogP contribution < -0.4 is 4.74 Å². The minimum Gasteiger partial charge on any atom is -0.494 e. The molecule has 4 nitrogen and oxygen atoms in total. The normalized spacial score (nSPS) is 10.8. The van der Waals surface area contributed by atoms with Gasteiger partial charge in [0.25, 0.3) is 0 Å². The van der Waals surface area contributed by atoms with Gasteiger partial charge in [0.15, 0.2) is 0 Å². The van der Waals surface area contributed by atoms with E-state index in [1.807, 2.05) is 25.1 Å². The second kappa shape index (κ2) is 5.78. The van der Waals surface area contributed by atoms with Gasteiger partial charge in [-0.15, -0.1) is 0 Å². The maximum atomic E-state index is 10.9. The van der Waals surface area contributed by atoms with Crippen molar-refractivity contribution in [3.63, 3.8) is 0 Å². The Morgan fingerprint density at radius 3 is 2.89 bits per heavy atom. The number of carbonyl (C=O) groups is 1. The number of H-pyrrole nitrogens is 1. The van der Waals surface area contributed by atoms with Crippen LogP contribution in [0.1, 0.15) is 31.0 Å². The van der Waals surface area contributed by atoms with Crippen LogP contribution in [0.5, 0.6) is 5.75 Å². The highest BCUT2D eigenvalue weighted by Gasteiger charge is 2.12. The van der Waals surface area contributed by atoms with E-state index in [9.17, 15) is 4.79 Å². The van der Waals surface area contributed by atoms with E-state index >= 15 is 0 Å². The summed E-state index contributed by atoms with van der Waals surface area (Å²) >= 11 is 0. The number of fused-ring (bicyclic) bond motifs is 1. The van der Waals surface area contributed by atoms with Crippen molar-refractivity contribution in [3.8, 4) is 5.75 Å². The van der Waals surface area contributed by atoms with Crippen LogP contribution in [-0.2, 0) is 11.2 Å². The number of hydrogen-bond acceptors (Lipinski definition) is 2. The lowest BCUT2D eigenvalue weighted by Crippen LogP contribution is -2.01. The number of aliphatic carboxylic acids is 1. The zero-order valence-corrected chi connectivity index (χ0v) is 11.3. The van der Waals surface area contributed by atoms with E-state index in [1.54, 1.807) is 0 Å². The van der Waals surface area contributed by atoms with Crippen molar-refractivity contribution in [2.75, 3.05) is 6.61 Å². The molecule has 4 heteroatoms. The van der Waals surface area contributed by atoms with E-state index in [0.29, 0.717) is 6.61 Å². The third-order valence-corrected chi connectivity index (χ3v) is 3.19. The molecule has 0 unspecified atom stereocenters. The Balaban J connectivity index is 2.31. The average Bonchev–Trinajstić information content (AvgIpc) is 2.66. The number of carboxylic acid groups (broad SMARTS) is 1. The molecule has 19 heavy (non-hydrogen) atoms. The van der Waals surface area contributed by atoms with Crippen molar-refractivity contribution in [1.82, 2.24) is 4.98 Å². The molecule has 1 heterocycles. The number of nitrogens with one attached hydrogen (secondary N) is 1. The first kappa shape index (κ1) is 13.5. The first-order valence-corrected chi connectivity index (χ1v) is 6.57. The van der Waals surface area contributed by atoms with Crippen molar-refractivity contribution < 1.29 is 14.6 Å². The molecule has 0 aliphatic carbocycles. The second-order valence-corrected chi connectivity index (χ2v) is 4.71. The molecule has 0 saturated carbocycles. The Kier molecular flexibility index (Phi) is 4.10. The molecule has 102 valence electrons. The number of ether oxygens (including phenoxy) is 1. The van der Waals surface area contributed by atoms with E-state index in [4.69, 9.17) is 9.84 Å². The summed E-state index contributed by atoms with van der Waals surface area (Å²) in [7, 11) is 0. The van der Waals surface area contributed by atoms with Crippen molar-refractivity contribution in [2.24, 2.45) is 0 Å². The lowest BCUT2D eigenvalue weighted by atomic mass is 10.1. The summed E-state index contributed by atoms with van der Waals surface area (Å²) in [6.07, 6.45) is 2.15. The molecule has 0 atom stereocenters. The lowest BCUT2D eigenvalue weighted by Gasteiger charge is -2.05. The molecule has 2 rings (SSSR count). The maximum absolute atomic E-state index is 10.9. The Labute approximate surface area is 112 Å². The number of unbranched alkanes of at least 4 members (excludes halogenated alkanes) is 1. The van der Waals surface area contributed by atoms with Crippen molar-refractivity contribution >= 4 is 16.9 Å². The zero-order valence-electron chi connectivity index (χ0n) is 11.3. The van der Waals surface area contributed by atoms with Crippen LogP contribution in [0, 0.1) is 6.92 Å². The summed E-state index contributed by atoms with van der Waals surface area (Å²) in [5.74, 6) is -0.0205. The van der Waals surface area contributed by atoms with Crippen LogP contribution in [0.3, 0.4) is 0 Å². The zero-order chi connectivity index (χ0) is 13.8. The number of benzene rings is 1. The first-order valence-electron chi connectivity index (χ1n) is 6.57. The van der Waals surface area contributed by atoms with Gasteiger partial charge in [-0.25, -0.2) is 0 Å². The monoisotopic (exact) mass is 261 g/mol. The molecule has 1 aromatic heterocycles. The SMILES string of the molecule is CCCCOc1ccc2[nH]c(C)c(CC(=O)O)c2c1. The van der Waals surface area contributed by atoms with Gasteiger partial charge in [-0.1, -0.05) is 13.3 Å². The predicted molar refractivity (Wildman–Crippen MR) is 74.8 cm³/mol. The second-order valence-electron chi connectivity index (χ2n) is 4.71. The van der Waals surface area contributed by atoms with E-state index in [2.05, 4.69) is 11.9 Å². The molecule has 0 aliphatic rings. The Morgan fingerprint density at radius 1 is 1.42 bits per heavy atom. The largest absolute Gasteiger partial charge is 0.494 e. The molecular formula is C15H19NO3. The van der Waals surface area contributed by atoms with E-state index < -0.39 is 5.97 Å². The van der Waals surface area contributed by atoms with Crippen LogP contribution in [0.4, 0.5) is 0 Å². The fraction of sp³-hybridized carbons (Fsp3) is 0.400. The van der Waals surface area contributed by atoms with Crippen molar-refractivity contribution in [2.45, 2.75) is 33.1 Å². The minimum atomic E-state index is -0.818. The summed E-state index contributed by atoms with van der Waals surface area (Å²) < 4.78 is 5.66. The lowest BCUT2D eigenvalue weighted by molar-refractivity contribution is -0.136. The molecule has 0 fully saturated rings. The maximum Gasteiger partial charge on any atom is 0.307 e. The highest BCUT2D eigenvalue weighted by molar-refractivity contribution is 5.89. The van der Waals surface area contributed by atoms with Gasteiger partial charge in [0.2, 0.25) is 0 Å². The van der Waals surface area contributed by atoms with E-state index in [0.717, 1.165) is 40.8 Å². The molecule has 2 aromatic rings. The molecule has 0 spiro atoms. The summed E-state index contributed by atoms with van der Waals surface area (Å²) in [5.41, 5.74) is 2.70. The number of aromatic amines is 1. The number of carboxylic acids is 1. The molecule has 0 bridgehead atoms. The quantitative estimate of drug-likeness (QED) is 0.784. The van der Waals surface area contributed by atoms with Gasteiger partial charge in [0.1, 0.15) is 5.75 Å². The van der Waals surface area contributed by atoms with Gasteiger partial charge in [0.05, 0.1) is 13.0 Å². The number of aromatic nitrogens is 1. The molecule has 1 aromatic carbocycles. The van der Waals surface area contributed by atoms with Gasteiger partial charge in [-0.2, -0.15) is 0 Å². The molecule has 2 N–H and O–H groups in total. The Morgan fingerprint density at radius 2 is 2.21 bits per heavy atom. The summed E-state index contributed by atoms with van der Waals surface area (Å²) in [5, 5.41) is 9.91. The molecule has 0 aliphatic heterocycles. The minimum absolute atomic E-state index is 0.0320. The smallest absolute Gasteiger partial charge is 0.307 e. The third kappa shape index (κ3) is 3.08. The molecule has 0 saturated heterocycles. The van der Waals surface area contributed by atoms with Crippen molar-refractivity contribution in [1.29, 1.82) is 0 Å². The first-order chi connectivity index (χ1) is 9.11. The van der Waals surface area contributed by atoms with Gasteiger partial charge in [0, 0.05) is 16.6 Å². The number of aryl methyl sites for hydroxylation is 1. The van der Waals surface area contributed by atoms with Gasteiger partial charge >= 0.3 is 5.97 Å². The average molecular weight is 261 g/mol. The van der Waals surface area contributed by atoms with Crippen LogP contribution in [0.2, 0.25) is 0 Å². The van der Waals surface area contributed by atoms with Crippen LogP contribution in [0.25, 0.3) is 10.9 Å². The molecular weight excluding hydrogens is 242 g/mol. The van der Waals surface area contributed by atoms with Crippen LogP contribution in [0.15, 0.2) is 18.2 Å². The fourth-order valence-electron chi connectivity index (χ4n) is 2.16. The Hall–Kier alpha value is -1.97. The summed E-state index contributed by atoms with van der Waals surface area (Å²) in [4.78, 5) is 14.1. The summed E-state index contributed by atoms with van der Waals surface area (Å²) in [6.45, 7) is 4.71. The third-order valence-electron chi connectivity index (χ3n) is 3.19. The predicted octanol–water partition coefficient (Wildman–Crippen LogP) is 3.28. The Bertz CT molecular complexity index is 586. The van der Waals surface area contributed by atoms with Crippen LogP contribution in [-0.4, -0.2) is 22.7 Å². The summed E-state index contributed by atoms with van der Waals surface area (Å²) in [6, 6.07) is 5.78. The fourth-order valence-corrected chi connectivity index (χ4v) is 2.16. The topological polar surface area (TPSA) is 62.3 Å². The van der Waals surface area contributed by atoms with Gasteiger partial charge in [-0.05, 0) is 37.1 Å². The number of rotatable bonds is 6. The molecule has 0 radical (unpaired) electrons. The van der Waals surface area contributed by atoms with E-state index in [1.165, 1.54) is 0 Å². The van der Waals surface area contributed by atoms with Crippen LogP contribution >= 0.6 is 0 Å². The van der Waals surface area contributed by atoms with Gasteiger partial charge in [-0.3, -0.25) is 4.79 Å². The van der Waals surface area contributed by atoms with Crippen molar-refractivity contribution in [3.05, 3.63) is 29.5 Å². The number of hydrogen-bond donors (Lipinski definition) is 2. The van der Waals surface area contributed by atoms with Gasteiger partial charge < -0.3 is 14.8 Å². The standard InChI is InChI=1S/C15H19NO3/c1-3-4-7-19-11-5-6-14-13(8-11)12(9-15(17)18)10(2)16-14/h5-6,8,16H,3-4,7,9H2,1-2H3,(H,17,18). The molecule has 0 amide bonds.